The van der Waals surface area contributed by atoms with Crippen LogP contribution in [0.3, 0.4) is 0 Å². The van der Waals surface area contributed by atoms with Crippen molar-refractivity contribution in [1.29, 1.82) is 0 Å². The maximum atomic E-state index is 13.4. The van der Waals surface area contributed by atoms with Crippen LogP contribution in [0, 0.1) is 0 Å². The molecule has 1 saturated heterocycles. The van der Waals surface area contributed by atoms with Gasteiger partial charge in [-0.15, -0.1) is 5.73 Å². The Bertz CT molecular complexity index is 1120. The summed E-state index contributed by atoms with van der Waals surface area (Å²) in [6.07, 6.45) is 7.91. The number of amides is 2. The number of carbonyl (C=O) groups excluding carboxylic acids is 2. The van der Waals surface area contributed by atoms with Crippen molar-refractivity contribution >= 4 is 11.8 Å². The van der Waals surface area contributed by atoms with Gasteiger partial charge in [-0.05, 0) is 36.3 Å². The van der Waals surface area contributed by atoms with Crippen molar-refractivity contribution < 1.29 is 14.3 Å². The van der Waals surface area contributed by atoms with E-state index in [1.165, 1.54) is 4.90 Å². The molecule has 1 fully saturated rings. The molecule has 0 spiro atoms. The fourth-order valence-electron chi connectivity index (χ4n) is 3.78. The predicted molar refractivity (Wildman–Crippen MR) is 127 cm³/mol. The number of hydrogen-bond acceptors (Lipinski definition) is 4. The van der Waals surface area contributed by atoms with Crippen LogP contribution >= 0.6 is 0 Å². The molecule has 1 aliphatic carbocycles. The van der Waals surface area contributed by atoms with Crippen molar-refractivity contribution in [3.05, 3.63) is 108 Å². The Balaban J connectivity index is 1.59. The van der Waals surface area contributed by atoms with Crippen molar-refractivity contribution in [1.82, 2.24) is 9.80 Å². The lowest BCUT2D eigenvalue weighted by molar-refractivity contribution is -0.137. The first-order valence-corrected chi connectivity index (χ1v) is 11.0. The molecule has 0 radical (unpaired) electrons. The fraction of sp³-hybridized carbons (Fsp3) is 0.222. The van der Waals surface area contributed by atoms with Crippen LogP contribution in [0.2, 0.25) is 0 Å². The number of carbonyl (C=O) groups is 2. The quantitative estimate of drug-likeness (QED) is 0.670. The lowest BCUT2D eigenvalue weighted by Crippen LogP contribution is -2.42. The molecule has 33 heavy (non-hydrogen) atoms. The molecule has 0 aromatic heterocycles. The molecule has 6 heteroatoms. The smallest absolute Gasteiger partial charge is 0.242 e. The minimum absolute atomic E-state index is 0.0175. The monoisotopic (exact) mass is 441 g/mol. The Morgan fingerprint density at radius 3 is 2.52 bits per heavy atom. The van der Waals surface area contributed by atoms with Crippen LogP contribution < -0.4 is 10.5 Å². The van der Waals surface area contributed by atoms with Gasteiger partial charge in [-0.1, -0.05) is 48.5 Å². The van der Waals surface area contributed by atoms with Crippen molar-refractivity contribution in [2.45, 2.75) is 18.9 Å². The van der Waals surface area contributed by atoms with Gasteiger partial charge in [0.05, 0.1) is 12.1 Å². The Hall–Kier alpha value is -3.86. The third-order valence-electron chi connectivity index (χ3n) is 5.53. The number of allylic oxidation sites excluding steroid dienone is 3. The molecule has 4 rings (SSSR count). The van der Waals surface area contributed by atoms with E-state index in [1.54, 1.807) is 29.2 Å². The van der Waals surface area contributed by atoms with Crippen molar-refractivity contribution in [2.24, 2.45) is 5.73 Å². The summed E-state index contributed by atoms with van der Waals surface area (Å²) in [6, 6.07) is 18.9. The number of nitrogens with zero attached hydrogens (tertiary/aromatic N) is 2. The van der Waals surface area contributed by atoms with Gasteiger partial charge in [-0.25, -0.2) is 0 Å². The highest BCUT2D eigenvalue weighted by molar-refractivity contribution is 5.87. The van der Waals surface area contributed by atoms with E-state index in [4.69, 9.17) is 10.5 Å². The van der Waals surface area contributed by atoms with E-state index in [9.17, 15) is 9.59 Å². The zero-order chi connectivity index (χ0) is 23.0. The molecular weight excluding hydrogens is 414 g/mol. The predicted octanol–water partition coefficient (Wildman–Crippen LogP) is 3.19. The molecular formula is C27H27N3O3. The van der Waals surface area contributed by atoms with Crippen molar-refractivity contribution in [3.8, 4) is 5.75 Å². The third-order valence-corrected chi connectivity index (χ3v) is 5.53. The van der Waals surface area contributed by atoms with Crippen LogP contribution in [-0.2, 0) is 16.0 Å². The normalized spacial score (nSPS) is 17.2. The Labute approximate surface area is 193 Å². The molecule has 0 saturated carbocycles. The zero-order valence-corrected chi connectivity index (χ0v) is 18.4. The molecule has 1 unspecified atom stereocenters. The minimum atomic E-state index is -0.177. The van der Waals surface area contributed by atoms with E-state index in [2.05, 4.69) is 5.73 Å². The number of ether oxygens (including phenoxy) is 1. The second-order valence-electron chi connectivity index (χ2n) is 8.06. The summed E-state index contributed by atoms with van der Waals surface area (Å²) in [4.78, 5) is 29.6. The maximum absolute atomic E-state index is 13.4. The van der Waals surface area contributed by atoms with Crippen LogP contribution in [0.15, 0.2) is 102 Å². The van der Waals surface area contributed by atoms with Crippen LogP contribution in [0.1, 0.15) is 12.0 Å². The largest absolute Gasteiger partial charge is 0.457 e. The van der Waals surface area contributed by atoms with Gasteiger partial charge in [0.15, 0.2) is 0 Å². The molecule has 1 atom stereocenters. The molecule has 168 valence electrons. The van der Waals surface area contributed by atoms with Crippen LogP contribution in [0.25, 0.3) is 0 Å². The number of para-hydroxylation sites is 1. The standard InChI is InChI=1S/C27H27N3O3/c28-22-15-16-29(19-22)27(32)20-30(26(31)17-21-9-3-1-4-10-21)23-11-7-8-14-25(18-23)33-24-12-5-2-6-13-24/h1-6,8-14,18,22H,15-17,19-20,28H2. The number of likely N-dealkylation sites (tertiary alicyclic amines) is 1. The fourth-order valence-corrected chi connectivity index (χ4v) is 3.78. The van der Waals surface area contributed by atoms with Gasteiger partial charge >= 0.3 is 0 Å². The van der Waals surface area contributed by atoms with Crippen molar-refractivity contribution in [2.75, 3.05) is 19.6 Å². The number of hydrogen-bond donors (Lipinski definition) is 1. The van der Waals surface area contributed by atoms with E-state index < -0.39 is 0 Å². The lowest BCUT2D eigenvalue weighted by atomic mass is 10.1. The summed E-state index contributed by atoms with van der Waals surface area (Å²) >= 11 is 0. The van der Waals surface area contributed by atoms with Gasteiger partial charge in [0, 0.05) is 31.3 Å². The van der Waals surface area contributed by atoms with E-state index >= 15 is 0 Å². The molecule has 2 N–H and O–H groups in total. The summed E-state index contributed by atoms with van der Waals surface area (Å²) in [5.41, 5.74) is 10.5. The zero-order valence-electron chi connectivity index (χ0n) is 18.4. The van der Waals surface area contributed by atoms with E-state index in [0.29, 0.717) is 30.3 Å². The molecule has 2 aliphatic rings. The first-order valence-electron chi connectivity index (χ1n) is 11.0. The van der Waals surface area contributed by atoms with Gasteiger partial charge in [0.1, 0.15) is 18.1 Å². The number of benzene rings is 2. The summed E-state index contributed by atoms with van der Waals surface area (Å²) in [6.45, 7) is 1.05. The second kappa shape index (κ2) is 10.6. The number of nitrogens with two attached hydrogens (primary N) is 1. The summed E-state index contributed by atoms with van der Waals surface area (Å²) in [5, 5.41) is 0. The van der Waals surface area contributed by atoms with Gasteiger partial charge in [-0.3, -0.25) is 9.59 Å². The average Bonchev–Trinajstić information content (AvgIpc) is 3.14. The highest BCUT2D eigenvalue weighted by atomic mass is 16.5. The lowest BCUT2D eigenvalue weighted by Gasteiger charge is -2.26. The topological polar surface area (TPSA) is 75.9 Å². The summed E-state index contributed by atoms with van der Waals surface area (Å²) in [5.74, 6) is 0.925. The van der Waals surface area contributed by atoms with E-state index in [0.717, 1.165) is 12.0 Å². The molecule has 6 nitrogen and oxygen atoms in total. The van der Waals surface area contributed by atoms with Crippen molar-refractivity contribution in [3.63, 3.8) is 0 Å². The van der Waals surface area contributed by atoms with Gasteiger partial charge in [0.2, 0.25) is 11.8 Å². The van der Waals surface area contributed by atoms with Crippen LogP contribution in [0.5, 0.6) is 5.75 Å². The van der Waals surface area contributed by atoms with Gasteiger partial charge < -0.3 is 20.3 Å². The Morgan fingerprint density at radius 1 is 1.09 bits per heavy atom. The summed E-state index contributed by atoms with van der Waals surface area (Å²) < 4.78 is 5.98. The molecule has 0 bridgehead atoms. The molecule has 1 aliphatic heterocycles. The Kier molecular flexibility index (Phi) is 7.20. The third kappa shape index (κ3) is 6.10. The van der Waals surface area contributed by atoms with Gasteiger partial charge in [-0.2, -0.15) is 0 Å². The molecule has 2 aromatic rings. The molecule has 2 aromatic carbocycles. The number of rotatable bonds is 7. The first kappa shape index (κ1) is 22.3. The second-order valence-corrected chi connectivity index (χ2v) is 8.06. The maximum Gasteiger partial charge on any atom is 0.242 e. The molecule has 2 amide bonds. The molecule has 1 heterocycles. The SMILES string of the molecule is NC1CCN(C(=O)CN(C(=O)Cc2ccccc2)C2=CC(Oc3ccccc3)=CC=C=C2)C1. The average molecular weight is 442 g/mol. The van der Waals surface area contributed by atoms with E-state index in [-0.39, 0.29) is 30.8 Å². The van der Waals surface area contributed by atoms with Crippen LogP contribution in [0.4, 0.5) is 0 Å². The van der Waals surface area contributed by atoms with E-state index in [1.807, 2.05) is 60.7 Å². The summed E-state index contributed by atoms with van der Waals surface area (Å²) in [7, 11) is 0. The highest BCUT2D eigenvalue weighted by Gasteiger charge is 2.28. The minimum Gasteiger partial charge on any atom is -0.457 e. The first-order chi connectivity index (χ1) is 16.1. The Morgan fingerprint density at radius 2 is 1.82 bits per heavy atom. The highest BCUT2D eigenvalue weighted by Crippen LogP contribution is 2.20. The van der Waals surface area contributed by atoms with Gasteiger partial charge in [0.25, 0.3) is 0 Å². The van der Waals surface area contributed by atoms with Crippen LogP contribution in [-0.4, -0.2) is 47.3 Å².